The van der Waals surface area contributed by atoms with Crippen LogP contribution in [0.25, 0.3) is 0 Å². The first kappa shape index (κ1) is 19.6. The van der Waals surface area contributed by atoms with Crippen LogP contribution in [-0.2, 0) is 6.54 Å². The largest absolute Gasteiger partial charge is 0.352 e. The molecule has 0 amide bonds. The summed E-state index contributed by atoms with van der Waals surface area (Å²) >= 11 is 5.72. The molecule has 1 fully saturated rings. The van der Waals surface area contributed by atoms with E-state index in [1.54, 1.807) is 0 Å². The van der Waals surface area contributed by atoms with Crippen molar-refractivity contribution < 1.29 is 0 Å². The third kappa shape index (κ3) is 3.77. The Bertz CT molecular complexity index is 983. The van der Waals surface area contributed by atoms with E-state index in [1.165, 1.54) is 22.5 Å². The number of thiocarbonyl (C=S) groups is 1. The maximum absolute atomic E-state index is 5.72. The Morgan fingerprint density at radius 1 is 1.14 bits per heavy atom. The topological polar surface area (TPSA) is 46.0 Å². The highest BCUT2D eigenvalue weighted by Gasteiger charge is 2.40. The van der Waals surface area contributed by atoms with Crippen LogP contribution in [0.15, 0.2) is 55.0 Å². The maximum Gasteiger partial charge on any atom is 0.170 e. The van der Waals surface area contributed by atoms with Crippen LogP contribution in [0.5, 0.6) is 0 Å². The molecule has 6 heteroatoms. The molecule has 29 heavy (non-hydrogen) atoms. The van der Waals surface area contributed by atoms with Gasteiger partial charge in [0.05, 0.1) is 17.8 Å². The van der Waals surface area contributed by atoms with Crippen molar-refractivity contribution in [3.63, 3.8) is 0 Å². The SMILES string of the molecule is CCCN1C(=S)N[C@@H](c2ccccn2)[C@H]1c1cc(C)n(Cc2cccnc2)c1C. The first-order valence-electron chi connectivity index (χ1n) is 10.1. The summed E-state index contributed by atoms with van der Waals surface area (Å²) in [6.07, 6.45) is 6.65. The molecule has 4 heterocycles. The fourth-order valence-corrected chi connectivity index (χ4v) is 4.60. The molecule has 0 radical (unpaired) electrons. The number of pyridine rings is 2. The molecule has 150 valence electrons. The van der Waals surface area contributed by atoms with Crippen molar-refractivity contribution in [1.82, 2.24) is 24.8 Å². The molecule has 0 bridgehead atoms. The van der Waals surface area contributed by atoms with Gasteiger partial charge in [0, 0.05) is 43.1 Å². The van der Waals surface area contributed by atoms with Crippen LogP contribution in [0.1, 0.15) is 53.6 Å². The zero-order chi connectivity index (χ0) is 20.4. The Morgan fingerprint density at radius 3 is 2.69 bits per heavy atom. The molecule has 1 aliphatic heterocycles. The molecule has 0 spiro atoms. The summed E-state index contributed by atoms with van der Waals surface area (Å²) in [4.78, 5) is 11.2. The first-order valence-corrected chi connectivity index (χ1v) is 10.5. The summed E-state index contributed by atoms with van der Waals surface area (Å²) in [6, 6.07) is 12.7. The number of nitrogens with zero attached hydrogens (tertiary/aromatic N) is 4. The lowest BCUT2D eigenvalue weighted by atomic mass is 9.96. The summed E-state index contributed by atoms with van der Waals surface area (Å²) in [7, 11) is 0. The van der Waals surface area contributed by atoms with Crippen molar-refractivity contribution in [3.8, 4) is 0 Å². The molecule has 3 aromatic rings. The second-order valence-electron chi connectivity index (χ2n) is 7.59. The Labute approximate surface area is 177 Å². The predicted octanol–water partition coefficient (Wildman–Crippen LogP) is 4.33. The lowest BCUT2D eigenvalue weighted by Gasteiger charge is -2.27. The molecule has 3 aromatic heterocycles. The fraction of sp³-hybridized carbons (Fsp3) is 0.348. The lowest BCUT2D eigenvalue weighted by molar-refractivity contribution is 0.316. The van der Waals surface area contributed by atoms with Crippen molar-refractivity contribution in [2.24, 2.45) is 0 Å². The van der Waals surface area contributed by atoms with E-state index in [9.17, 15) is 0 Å². The molecule has 5 nitrogen and oxygen atoms in total. The molecular weight excluding hydrogens is 378 g/mol. The van der Waals surface area contributed by atoms with Crippen LogP contribution in [0.3, 0.4) is 0 Å². The number of hydrogen-bond acceptors (Lipinski definition) is 3. The molecule has 4 rings (SSSR count). The summed E-state index contributed by atoms with van der Waals surface area (Å²) in [5.41, 5.74) is 6.05. The van der Waals surface area contributed by atoms with Crippen LogP contribution in [0.2, 0.25) is 0 Å². The molecule has 1 saturated heterocycles. The van der Waals surface area contributed by atoms with Crippen molar-refractivity contribution >= 4 is 17.3 Å². The Balaban J connectivity index is 1.75. The monoisotopic (exact) mass is 405 g/mol. The zero-order valence-corrected chi connectivity index (χ0v) is 18.0. The minimum atomic E-state index is 0.0441. The van der Waals surface area contributed by atoms with Gasteiger partial charge in [0.15, 0.2) is 5.11 Å². The van der Waals surface area contributed by atoms with E-state index >= 15 is 0 Å². The van der Waals surface area contributed by atoms with Gasteiger partial charge < -0.3 is 14.8 Å². The van der Waals surface area contributed by atoms with Gasteiger partial charge in [-0.05, 0) is 67.9 Å². The van der Waals surface area contributed by atoms with E-state index in [1.807, 2.05) is 36.8 Å². The Kier molecular flexibility index (Phi) is 5.62. The van der Waals surface area contributed by atoms with E-state index in [2.05, 4.69) is 63.7 Å². The standard InChI is InChI=1S/C23H27N5S/c1-4-12-27-22(21(26-23(27)29)20-9-5-6-11-25-20)19-13-16(2)28(17(19)3)15-18-8-7-10-24-14-18/h5-11,13-14,21-22H,4,12,15H2,1-3H3,(H,26,29)/t21-,22+/m0/s1. The molecule has 0 unspecified atom stereocenters. The van der Waals surface area contributed by atoms with Crippen molar-refractivity contribution in [1.29, 1.82) is 0 Å². The second-order valence-corrected chi connectivity index (χ2v) is 7.98. The van der Waals surface area contributed by atoms with E-state index < -0.39 is 0 Å². The molecule has 0 aromatic carbocycles. The van der Waals surface area contributed by atoms with Crippen LogP contribution in [-0.4, -0.2) is 31.1 Å². The third-order valence-corrected chi connectivity index (χ3v) is 6.01. The number of hydrogen-bond donors (Lipinski definition) is 1. The van der Waals surface area contributed by atoms with Gasteiger partial charge in [-0.3, -0.25) is 9.97 Å². The van der Waals surface area contributed by atoms with Crippen molar-refractivity contribution in [2.75, 3.05) is 6.54 Å². The van der Waals surface area contributed by atoms with Gasteiger partial charge in [-0.15, -0.1) is 0 Å². The number of rotatable bonds is 6. The summed E-state index contributed by atoms with van der Waals surface area (Å²) in [5.74, 6) is 0. The minimum absolute atomic E-state index is 0.0441. The van der Waals surface area contributed by atoms with Gasteiger partial charge in [-0.25, -0.2) is 0 Å². The number of aromatic nitrogens is 3. The van der Waals surface area contributed by atoms with Crippen LogP contribution < -0.4 is 5.32 Å². The summed E-state index contributed by atoms with van der Waals surface area (Å²) in [6.45, 7) is 8.32. The van der Waals surface area contributed by atoms with Crippen molar-refractivity contribution in [2.45, 2.75) is 45.8 Å². The van der Waals surface area contributed by atoms with Crippen LogP contribution in [0.4, 0.5) is 0 Å². The number of nitrogens with one attached hydrogen (secondary N) is 1. The predicted molar refractivity (Wildman–Crippen MR) is 120 cm³/mol. The summed E-state index contributed by atoms with van der Waals surface area (Å²) < 4.78 is 2.37. The molecule has 1 N–H and O–H groups in total. The van der Waals surface area contributed by atoms with E-state index in [4.69, 9.17) is 12.2 Å². The molecule has 0 saturated carbocycles. The average molecular weight is 406 g/mol. The van der Waals surface area contributed by atoms with Gasteiger partial charge in [-0.2, -0.15) is 0 Å². The highest BCUT2D eigenvalue weighted by atomic mass is 32.1. The van der Waals surface area contributed by atoms with Gasteiger partial charge >= 0.3 is 0 Å². The molecular formula is C23H27N5S. The Hall–Kier alpha value is -2.73. The normalized spacial score (nSPS) is 18.9. The van der Waals surface area contributed by atoms with Crippen LogP contribution in [0, 0.1) is 13.8 Å². The van der Waals surface area contributed by atoms with Gasteiger partial charge in [0.25, 0.3) is 0 Å². The quantitative estimate of drug-likeness (QED) is 0.619. The smallest absolute Gasteiger partial charge is 0.170 e. The van der Waals surface area contributed by atoms with Gasteiger partial charge in [0.2, 0.25) is 0 Å². The van der Waals surface area contributed by atoms with E-state index in [0.717, 1.165) is 30.3 Å². The fourth-order valence-electron chi connectivity index (χ4n) is 4.27. The van der Waals surface area contributed by atoms with E-state index in [-0.39, 0.29) is 12.1 Å². The first-order chi connectivity index (χ1) is 14.1. The zero-order valence-electron chi connectivity index (χ0n) is 17.2. The van der Waals surface area contributed by atoms with Crippen molar-refractivity contribution in [3.05, 3.63) is 83.2 Å². The Morgan fingerprint density at radius 2 is 2.00 bits per heavy atom. The van der Waals surface area contributed by atoms with Crippen LogP contribution >= 0.6 is 12.2 Å². The lowest BCUT2D eigenvalue weighted by Crippen LogP contribution is -2.30. The highest BCUT2D eigenvalue weighted by molar-refractivity contribution is 7.80. The summed E-state index contributed by atoms with van der Waals surface area (Å²) in [5, 5.41) is 4.34. The molecule has 1 aliphatic rings. The second kappa shape index (κ2) is 8.33. The van der Waals surface area contributed by atoms with Gasteiger partial charge in [-0.1, -0.05) is 19.1 Å². The minimum Gasteiger partial charge on any atom is -0.352 e. The highest BCUT2D eigenvalue weighted by Crippen LogP contribution is 2.40. The third-order valence-electron chi connectivity index (χ3n) is 5.66. The van der Waals surface area contributed by atoms with Gasteiger partial charge in [0.1, 0.15) is 0 Å². The molecule has 2 atom stereocenters. The molecule has 0 aliphatic carbocycles. The maximum atomic E-state index is 5.72. The number of aryl methyl sites for hydroxylation is 1. The average Bonchev–Trinajstić information content (AvgIpc) is 3.21. The van der Waals surface area contributed by atoms with E-state index in [0.29, 0.717) is 0 Å².